The normalized spacial score (nSPS) is 16.8. The number of carbonyl (C=O) groups excluding carboxylic acids is 1. The van der Waals surface area contributed by atoms with Crippen molar-refractivity contribution < 1.29 is 4.79 Å². The third kappa shape index (κ3) is 4.51. The van der Waals surface area contributed by atoms with Crippen LogP contribution in [0, 0.1) is 0 Å². The van der Waals surface area contributed by atoms with E-state index in [4.69, 9.17) is 11.6 Å². The number of hydrogen-bond donors (Lipinski definition) is 1. The molecule has 1 fully saturated rings. The van der Waals surface area contributed by atoms with Crippen molar-refractivity contribution in [3.05, 3.63) is 47.1 Å². The first-order valence-electron chi connectivity index (χ1n) is 8.47. The summed E-state index contributed by atoms with van der Waals surface area (Å²) in [5.74, 6) is -0.0441. The fourth-order valence-electron chi connectivity index (χ4n) is 2.87. The molecule has 1 atom stereocenters. The number of hydrogen-bond acceptors (Lipinski definition) is 5. The second kappa shape index (κ2) is 8.65. The first-order chi connectivity index (χ1) is 12.2. The molecule has 25 heavy (non-hydrogen) atoms. The number of aromatic nitrogens is 2. The number of amides is 1. The number of benzene rings is 1. The van der Waals surface area contributed by atoms with E-state index in [2.05, 4.69) is 22.4 Å². The minimum Gasteiger partial charge on any atom is -0.333 e. The summed E-state index contributed by atoms with van der Waals surface area (Å²) in [5, 5.41) is 13.1. The number of rotatable bonds is 6. The van der Waals surface area contributed by atoms with Gasteiger partial charge in [-0.05, 0) is 43.7 Å². The van der Waals surface area contributed by atoms with E-state index < -0.39 is 0 Å². The maximum atomic E-state index is 12.8. The number of carbonyl (C=O) groups is 1. The van der Waals surface area contributed by atoms with E-state index in [1.165, 1.54) is 11.8 Å². The van der Waals surface area contributed by atoms with Gasteiger partial charge in [0.15, 0.2) is 5.69 Å². The van der Waals surface area contributed by atoms with Crippen LogP contribution in [0.15, 0.2) is 46.3 Å². The van der Waals surface area contributed by atoms with Crippen LogP contribution in [0.5, 0.6) is 0 Å². The van der Waals surface area contributed by atoms with Crippen LogP contribution in [0.3, 0.4) is 0 Å². The Kier molecular flexibility index (Phi) is 6.29. The van der Waals surface area contributed by atoms with Crippen LogP contribution in [0.4, 0.5) is 0 Å². The van der Waals surface area contributed by atoms with E-state index in [-0.39, 0.29) is 11.9 Å². The van der Waals surface area contributed by atoms with Crippen molar-refractivity contribution >= 4 is 29.3 Å². The van der Waals surface area contributed by atoms with Gasteiger partial charge in [0.25, 0.3) is 5.91 Å². The molecule has 1 aromatic carbocycles. The zero-order chi connectivity index (χ0) is 17.6. The fraction of sp³-hybridized carbons (Fsp3) is 0.389. The highest BCUT2D eigenvalue weighted by atomic mass is 35.5. The molecule has 1 aliphatic rings. The van der Waals surface area contributed by atoms with E-state index >= 15 is 0 Å². The smallest absolute Gasteiger partial charge is 0.274 e. The molecule has 1 aromatic heterocycles. The average Bonchev–Trinajstić information content (AvgIpc) is 3.16. The van der Waals surface area contributed by atoms with E-state index in [1.807, 2.05) is 35.2 Å². The first kappa shape index (κ1) is 18.2. The number of nitrogens with zero attached hydrogens (tertiary/aromatic N) is 3. The van der Waals surface area contributed by atoms with Gasteiger partial charge in [0.05, 0.1) is 5.02 Å². The highest BCUT2D eigenvalue weighted by Crippen LogP contribution is 2.31. The second-order valence-corrected chi connectivity index (χ2v) is 7.40. The van der Waals surface area contributed by atoms with Crippen molar-refractivity contribution in [1.82, 2.24) is 20.4 Å². The summed E-state index contributed by atoms with van der Waals surface area (Å²) >= 11 is 7.61. The number of nitrogens with one attached hydrogen (secondary N) is 1. The molecule has 1 N–H and O–H groups in total. The third-order valence-corrected chi connectivity index (χ3v) is 5.56. The van der Waals surface area contributed by atoms with Crippen molar-refractivity contribution in [2.45, 2.75) is 35.7 Å². The maximum absolute atomic E-state index is 12.8. The number of halogens is 1. The van der Waals surface area contributed by atoms with Crippen molar-refractivity contribution in [1.29, 1.82) is 0 Å². The highest BCUT2D eigenvalue weighted by molar-refractivity contribution is 7.99. The van der Waals surface area contributed by atoms with Gasteiger partial charge < -0.3 is 10.2 Å². The molecule has 5 nitrogen and oxygen atoms in total. The first-order valence-corrected chi connectivity index (χ1v) is 9.66. The van der Waals surface area contributed by atoms with E-state index in [0.29, 0.717) is 15.7 Å². The van der Waals surface area contributed by atoms with Crippen molar-refractivity contribution in [3.8, 4) is 0 Å². The molecule has 0 spiro atoms. The van der Waals surface area contributed by atoms with E-state index in [0.717, 1.165) is 37.4 Å². The van der Waals surface area contributed by atoms with Crippen LogP contribution in [-0.2, 0) is 0 Å². The minimum absolute atomic E-state index is 0.0441. The van der Waals surface area contributed by atoms with Crippen molar-refractivity contribution in [2.75, 3.05) is 19.6 Å². The lowest BCUT2D eigenvalue weighted by Gasteiger charge is -2.27. The summed E-state index contributed by atoms with van der Waals surface area (Å²) in [6, 6.07) is 11.4. The van der Waals surface area contributed by atoms with Gasteiger partial charge in [-0.2, -0.15) is 0 Å². The average molecular weight is 377 g/mol. The Morgan fingerprint density at radius 3 is 2.80 bits per heavy atom. The standard InChI is InChI=1S/C18H21ClN4OS/c1-2-11-23(13-9-10-20-12-13)18(24)15-7-8-17(22-21-15)25-16-6-4-3-5-14(16)19/h3-8,13,20H,2,9-12H2,1H3. The van der Waals surface area contributed by atoms with Gasteiger partial charge in [-0.25, -0.2) is 0 Å². The predicted octanol–water partition coefficient (Wildman–Crippen LogP) is 3.50. The van der Waals surface area contributed by atoms with Gasteiger partial charge in [-0.1, -0.05) is 42.4 Å². The molecule has 0 radical (unpaired) electrons. The second-order valence-electron chi connectivity index (χ2n) is 5.93. The quantitative estimate of drug-likeness (QED) is 0.836. The molecule has 1 saturated heterocycles. The van der Waals surface area contributed by atoms with Gasteiger partial charge in [0, 0.05) is 24.0 Å². The molecule has 0 bridgehead atoms. The monoisotopic (exact) mass is 376 g/mol. The Balaban J connectivity index is 1.72. The van der Waals surface area contributed by atoms with Crippen LogP contribution in [-0.4, -0.2) is 46.7 Å². The lowest BCUT2D eigenvalue weighted by molar-refractivity contribution is 0.0684. The summed E-state index contributed by atoms with van der Waals surface area (Å²) in [6.45, 7) is 4.62. The van der Waals surface area contributed by atoms with Gasteiger partial charge in [0.1, 0.15) is 5.03 Å². The van der Waals surface area contributed by atoms with Gasteiger partial charge in [-0.3, -0.25) is 4.79 Å². The van der Waals surface area contributed by atoms with E-state index in [9.17, 15) is 4.79 Å². The largest absolute Gasteiger partial charge is 0.333 e. The molecular formula is C18H21ClN4OS. The highest BCUT2D eigenvalue weighted by Gasteiger charge is 2.27. The van der Waals surface area contributed by atoms with Gasteiger partial charge in [0.2, 0.25) is 0 Å². The zero-order valence-corrected chi connectivity index (χ0v) is 15.7. The summed E-state index contributed by atoms with van der Waals surface area (Å²) < 4.78 is 0. The molecule has 3 rings (SSSR count). The Morgan fingerprint density at radius 1 is 1.32 bits per heavy atom. The summed E-state index contributed by atoms with van der Waals surface area (Å²) in [4.78, 5) is 15.7. The van der Waals surface area contributed by atoms with Gasteiger partial charge >= 0.3 is 0 Å². The molecular weight excluding hydrogens is 356 g/mol. The van der Waals surface area contributed by atoms with Crippen LogP contribution >= 0.6 is 23.4 Å². The van der Waals surface area contributed by atoms with E-state index in [1.54, 1.807) is 6.07 Å². The van der Waals surface area contributed by atoms with Crippen molar-refractivity contribution in [2.24, 2.45) is 0 Å². The molecule has 1 aliphatic heterocycles. The van der Waals surface area contributed by atoms with Crippen LogP contribution < -0.4 is 5.32 Å². The summed E-state index contributed by atoms with van der Waals surface area (Å²) in [6.07, 6.45) is 1.91. The molecule has 0 aliphatic carbocycles. The Bertz CT molecular complexity index is 719. The van der Waals surface area contributed by atoms with Gasteiger partial charge in [-0.15, -0.1) is 10.2 Å². The maximum Gasteiger partial charge on any atom is 0.274 e. The lowest BCUT2D eigenvalue weighted by Crippen LogP contribution is -2.42. The molecule has 2 heterocycles. The fourth-order valence-corrected chi connectivity index (χ4v) is 3.88. The minimum atomic E-state index is -0.0441. The SMILES string of the molecule is CCCN(C(=O)c1ccc(Sc2ccccc2Cl)nn1)C1CCNC1. The molecule has 0 saturated carbocycles. The molecule has 1 amide bonds. The zero-order valence-electron chi connectivity index (χ0n) is 14.1. The third-order valence-electron chi connectivity index (χ3n) is 4.11. The molecule has 2 aromatic rings. The topological polar surface area (TPSA) is 58.1 Å². The summed E-state index contributed by atoms with van der Waals surface area (Å²) in [5.41, 5.74) is 0.392. The predicted molar refractivity (Wildman–Crippen MR) is 100 cm³/mol. The summed E-state index contributed by atoms with van der Waals surface area (Å²) in [7, 11) is 0. The van der Waals surface area contributed by atoms with Crippen molar-refractivity contribution in [3.63, 3.8) is 0 Å². The Morgan fingerprint density at radius 2 is 2.16 bits per heavy atom. The molecule has 7 heteroatoms. The van der Waals surface area contributed by atoms with Crippen LogP contribution in [0.1, 0.15) is 30.3 Å². The molecule has 1 unspecified atom stereocenters. The molecule has 132 valence electrons. The van der Waals surface area contributed by atoms with Crippen LogP contribution in [0.25, 0.3) is 0 Å². The Labute approximate surface area is 157 Å². The Hall–Kier alpha value is -1.63. The lowest BCUT2D eigenvalue weighted by atomic mass is 10.2. The van der Waals surface area contributed by atoms with Crippen LogP contribution in [0.2, 0.25) is 5.02 Å².